The highest BCUT2D eigenvalue weighted by molar-refractivity contribution is 5.85. The summed E-state index contributed by atoms with van der Waals surface area (Å²) >= 11 is 0. The third-order valence-electron chi connectivity index (χ3n) is 4.61. The van der Waals surface area contributed by atoms with Crippen molar-refractivity contribution in [2.24, 2.45) is 29.6 Å². The molecule has 3 atom stereocenters. The molecule has 0 spiro atoms. The molecule has 0 aromatic rings. The number of esters is 1. The summed E-state index contributed by atoms with van der Waals surface area (Å²) in [6.45, 7) is 13.3. The van der Waals surface area contributed by atoms with Gasteiger partial charge in [-0.2, -0.15) is 0 Å². The topological polar surface area (TPSA) is 122 Å². The third kappa shape index (κ3) is 12.4. The molecule has 0 bridgehead atoms. The van der Waals surface area contributed by atoms with Gasteiger partial charge >= 0.3 is 11.9 Å². The molecule has 0 aromatic carbocycles. The van der Waals surface area contributed by atoms with Crippen LogP contribution in [-0.2, 0) is 23.9 Å². The second-order valence-corrected chi connectivity index (χ2v) is 9.21. The molecule has 0 aliphatic rings. The molecule has 0 fully saturated rings. The van der Waals surface area contributed by atoms with Crippen molar-refractivity contribution < 1.29 is 29.0 Å². The molecule has 8 nitrogen and oxygen atoms in total. The van der Waals surface area contributed by atoms with Crippen LogP contribution in [0.3, 0.4) is 0 Å². The van der Waals surface area contributed by atoms with Gasteiger partial charge in [-0.15, -0.1) is 0 Å². The van der Waals surface area contributed by atoms with Crippen LogP contribution in [0.5, 0.6) is 0 Å². The lowest BCUT2D eigenvalue weighted by atomic mass is 9.94. The molecular formula is C22H40N2O6. The predicted molar refractivity (Wildman–Crippen MR) is 115 cm³/mol. The molecule has 0 rings (SSSR count). The zero-order valence-corrected chi connectivity index (χ0v) is 19.5. The first-order valence-corrected chi connectivity index (χ1v) is 10.8. The van der Waals surface area contributed by atoms with Gasteiger partial charge in [-0.3, -0.25) is 14.4 Å². The van der Waals surface area contributed by atoms with Gasteiger partial charge in [0.2, 0.25) is 11.8 Å². The maximum Gasteiger partial charge on any atom is 0.326 e. The minimum atomic E-state index is -1.08. The Morgan fingerprint density at radius 2 is 1.43 bits per heavy atom. The van der Waals surface area contributed by atoms with Gasteiger partial charge in [-0.25, -0.2) is 4.79 Å². The molecule has 0 saturated carbocycles. The summed E-state index contributed by atoms with van der Waals surface area (Å²) in [4.78, 5) is 47.6. The molecule has 30 heavy (non-hydrogen) atoms. The number of hydrogen-bond donors (Lipinski definition) is 3. The summed E-state index contributed by atoms with van der Waals surface area (Å²) in [7, 11) is 0. The predicted octanol–water partition coefficient (Wildman–Crippen LogP) is 2.61. The Labute approximate surface area is 180 Å². The number of carboxylic acids is 1. The molecule has 0 aliphatic heterocycles. The van der Waals surface area contributed by atoms with Crippen LogP contribution in [0, 0.1) is 29.6 Å². The highest BCUT2D eigenvalue weighted by Crippen LogP contribution is 2.16. The van der Waals surface area contributed by atoms with Gasteiger partial charge in [0, 0.05) is 12.5 Å². The largest absolute Gasteiger partial charge is 0.480 e. The van der Waals surface area contributed by atoms with Crippen LogP contribution < -0.4 is 10.6 Å². The number of aliphatic carboxylic acids is 1. The smallest absolute Gasteiger partial charge is 0.326 e. The van der Waals surface area contributed by atoms with Crippen LogP contribution in [0.1, 0.15) is 67.7 Å². The molecule has 1 unspecified atom stereocenters. The molecule has 174 valence electrons. The summed E-state index contributed by atoms with van der Waals surface area (Å²) in [5, 5.41) is 14.6. The van der Waals surface area contributed by atoms with Gasteiger partial charge in [0.1, 0.15) is 12.6 Å². The van der Waals surface area contributed by atoms with E-state index in [9.17, 15) is 24.3 Å². The van der Waals surface area contributed by atoms with Crippen molar-refractivity contribution >= 4 is 23.8 Å². The zero-order chi connectivity index (χ0) is 23.4. The first kappa shape index (κ1) is 27.9. The van der Waals surface area contributed by atoms with Gasteiger partial charge in [0.15, 0.2) is 0 Å². The SMILES string of the molecule is CC(C)C[C@@H](CNC(=O)C(C)C)CC(=O)OCC(C)C(=O)N[C@@H](CC(C)C)C(=O)O. The first-order chi connectivity index (χ1) is 13.8. The molecule has 0 aliphatic carbocycles. The number of carbonyl (C=O) groups is 4. The van der Waals surface area contributed by atoms with E-state index in [-0.39, 0.29) is 36.7 Å². The standard InChI is InChI=1S/C22H40N2O6/c1-13(2)8-17(11-23-20(26)15(5)6)10-19(25)30-12-16(7)21(27)24-18(22(28)29)9-14(3)4/h13-18H,8-12H2,1-7H3,(H,23,26)(H,24,27)(H,28,29)/t16?,17-,18+/m1/s1. The third-order valence-corrected chi connectivity index (χ3v) is 4.61. The van der Waals surface area contributed by atoms with E-state index in [0.717, 1.165) is 6.42 Å². The van der Waals surface area contributed by atoms with Crippen molar-refractivity contribution in [1.82, 2.24) is 10.6 Å². The van der Waals surface area contributed by atoms with E-state index >= 15 is 0 Å². The van der Waals surface area contributed by atoms with Crippen LogP contribution in [-0.4, -0.2) is 48.1 Å². The lowest BCUT2D eigenvalue weighted by Gasteiger charge is -2.21. The first-order valence-electron chi connectivity index (χ1n) is 10.8. The van der Waals surface area contributed by atoms with Gasteiger partial charge in [0.25, 0.3) is 0 Å². The zero-order valence-electron chi connectivity index (χ0n) is 19.5. The Morgan fingerprint density at radius 1 is 0.867 bits per heavy atom. The Kier molecular flexibility index (Phi) is 13.0. The number of hydrogen-bond acceptors (Lipinski definition) is 5. The van der Waals surface area contributed by atoms with Crippen molar-refractivity contribution in [2.45, 2.75) is 73.8 Å². The molecule has 2 amide bonds. The molecule has 0 aromatic heterocycles. The Balaban J connectivity index is 4.62. The molecule has 3 N–H and O–H groups in total. The van der Waals surface area contributed by atoms with Crippen LogP contribution in [0.4, 0.5) is 0 Å². The number of carbonyl (C=O) groups excluding carboxylic acids is 3. The molecule has 0 saturated heterocycles. The van der Waals surface area contributed by atoms with Crippen molar-refractivity contribution in [3.05, 3.63) is 0 Å². The normalized spacial score (nSPS) is 14.3. The van der Waals surface area contributed by atoms with Crippen LogP contribution >= 0.6 is 0 Å². The average Bonchev–Trinajstić information content (AvgIpc) is 2.62. The van der Waals surface area contributed by atoms with E-state index in [1.165, 1.54) is 0 Å². The van der Waals surface area contributed by atoms with Crippen molar-refractivity contribution in [1.29, 1.82) is 0 Å². The summed E-state index contributed by atoms with van der Waals surface area (Å²) in [5.74, 6) is -2.39. The number of carboxylic acid groups (broad SMARTS) is 1. The van der Waals surface area contributed by atoms with E-state index in [4.69, 9.17) is 4.74 Å². The Morgan fingerprint density at radius 3 is 1.90 bits per heavy atom. The second kappa shape index (κ2) is 14.0. The minimum Gasteiger partial charge on any atom is -0.480 e. The van der Waals surface area contributed by atoms with Crippen LogP contribution in [0.25, 0.3) is 0 Å². The van der Waals surface area contributed by atoms with Crippen molar-refractivity contribution in [3.63, 3.8) is 0 Å². The van der Waals surface area contributed by atoms with Crippen molar-refractivity contribution in [2.75, 3.05) is 13.2 Å². The number of amides is 2. The van der Waals surface area contributed by atoms with Crippen LogP contribution in [0.2, 0.25) is 0 Å². The summed E-state index contributed by atoms with van der Waals surface area (Å²) in [6.07, 6.45) is 1.24. The maximum atomic E-state index is 12.3. The van der Waals surface area contributed by atoms with E-state index in [1.807, 2.05) is 41.5 Å². The fourth-order valence-corrected chi connectivity index (χ4v) is 2.95. The van der Waals surface area contributed by atoms with Gasteiger partial charge in [-0.1, -0.05) is 48.5 Å². The monoisotopic (exact) mass is 428 g/mol. The number of rotatable bonds is 14. The fraction of sp³-hybridized carbons (Fsp3) is 0.818. The van der Waals surface area contributed by atoms with E-state index in [0.29, 0.717) is 18.9 Å². The Bertz CT molecular complexity index is 574. The summed E-state index contributed by atoms with van der Waals surface area (Å²) in [5.41, 5.74) is 0. The molecular weight excluding hydrogens is 388 g/mol. The van der Waals surface area contributed by atoms with Crippen LogP contribution in [0.15, 0.2) is 0 Å². The molecule has 8 heteroatoms. The second-order valence-electron chi connectivity index (χ2n) is 9.21. The Hall–Kier alpha value is -2.12. The van der Waals surface area contributed by atoms with E-state index in [2.05, 4.69) is 10.6 Å². The molecule has 0 radical (unpaired) electrons. The molecule has 0 heterocycles. The lowest BCUT2D eigenvalue weighted by molar-refractivity contribution is -0.149. The van der Waals surface area contributed by atoms with Gasteiger partial charge < -0.3 is 20.5 Å². The summed E-state index contributed by atoms with van der Waals surface area (Å²) in [6, 6.07) is -0.962. The maximum absolute atomic E-state index is 12.3. The van der Waals surface area contributed by atoms with Gasteiger partial charge in [-0.05, 0) is 30.6 Å². The minimum absolute atomic E-state index is 0.0493. The number of ether oxygens (including phenoxy) is 1. The quantitative estimate of drug-likeness (QED) is 0.366. The number of nitrogens with one attached hydrogen (secondary N) is 2. The lowest BCUT2D eigenvalue weighted by Crippen LogP contribution is -2.44. The summed E-state index contributed by atoms with van der Waals surface area (Å²) < 4.78 is 5.25. The fourth-order valence-electron chi connectivity index (χ4n) is 2.95. The van der Waals surface area contributed by atoms with Crippen molar-refractivity contribution in [3.8, 4) is 0 Å². The van der Waals surface area contributed by atoms with E-state index in [1.54, 1.807) is 6.92 Å². The highest BCUT2D eigenvalue weighted by atomic mass is 16.5. The highest BCUT2D eigenvalue weighted by Gasteiger charge is 2.25. The average molecular weight is 429 g/mol. The van der Waals surface area contributed by atoms with Gasteiger partial charge in [0.05, 0.1) is 12.3 Å². The van der Waals surface area contributed by atoms with E-state index < -0.39 is 29.8 Å².